The highest BCUT2D eigenvalue weighted by atomic mass is 14.9. The van der Waals surface area contributed by atoms with E-state index in [1.165, 1.54) is 22.4 Å². The van der Waals surface area contributed by atoms with Crippen LogP contribution in [0.15, 0.2) is 12.1 Å². The molecule has 0 unspecified atom stereocenters. The number of anilines is 1. The van der Waals surface area contributed by atoms with Crippen molar-refractivity contribution in [2.24, 2.45) is 0 Å². The van der Waals surface area contributed by atoms with Gasteiger partial charge in [0.25, 0.3) is 0 Å². The summed E-state index contributed by atoms with van der Waals surface area (Å²) in [6.45, 7) is 14.4. The van der Waals surface area contributed by atoms with Gasteiger partial charge in [0.15, 0.2) is 0 Å². The molecule has 1 aromatic rings. The number of rotatable bonds is 4. The van der Waals surface area contributed by atoms with Crippen molar-refractivity contribution in [2.45, 2.75) is 53.4 Å². The van der Waals surface area contributed by atoms with Crippen molar-refractivity contribution in [1.29, 1.82) is 0 Å². The molecule has 0 aliphatic heterocycles. The van der Waals surface area contributed by atoms with Crippen molar-refractivity contribution in [3.8, 4) is 0 Å². The largest absolute Gasteiger partial charge is 0.385 e. The fourth-order valence-electron chi connectivity index (χ4n) is 2.13. The second-order valence-electron chi connectivity index (χ2n) is 5.16. The van der Waals surface area contributed by atoms with E-state index in [2.05, 4.69) is 59.0 Å². The maximum Gasteiger partial charge on any atom is 0.0410 e. The summed E-state index contributed by atoms with van der Waals surface area (Å²) in [5.74, 6) is 1.15. The van der Waals surface area contributed by atoms with Crippen LogP contribution in [-0.2, 0) is 0 Å². The molecule has 1 nitrogen and oxygen atoms in total. The van der Waals surface area contributed by atoms with Crippen LogP contribution in [0, 0.1) is 6.92 Å². The quantitative estimate of drug-likeness (QED) is 0.775. The lowest BCUT2D eigenvalue weighted by Crippen LogP contribution is -2.07. The van der Waals surface area contributed by atoms with Crippen LogP contribution in [0.1, 0.15) is 63.1 Å². The minimum atomic E-state index is 0.575. The Morgan fingerprint density at radius 3 is 1.75 bits per heavy atom. The van der Waals surface area contributed by atoms with Crippen LogP contribution in [0.4, 0.5) is 5.69 Å². The summed E-state index contributed by atoms with van der Waals surface area (Å²) in [5, 5.41) is 3.53. The van der Waals surface area contributed by atoms with Gasteiger partial charge in [-0.15, -0.1) is 0 Å². The minimum absolute atomic E-state index is 0.575. The van der Waals surface area contributed by atoms with Gasteiger partial charge in [-0.2, -0.15) is 0 Å². The molecule has 0 bridgehead atoms. The smallest absolute Gasteiger partial charge is 0.0410 e. The lowest BCUT2D eigenvalue weighted by molar-refractivity contribution is 0.831. The van der Waals surface area contributed by atoms with Gasteiger partial charge in [-0.25, -0.2) is 0 Å². The Labute approximate surface area is 100 Å². The average Bonchev–Trinajstić information content (AvgIpc) is 2.19. The summed E-state index contributed by atoms with van der Waals surface area (Å²) in [6, 6.07) is 4.63. The molecule has 0 fully saturated rings. The molecule has 0 aliphatic rings. The topological polar surface area (TPSA) is 12.0 Å². The first-order valence-electron chi connectivity index (χ1n) is 6.35. The van der Waals surface area contributed by atoms with Gasteiger partial charge >= 0.3 is 0 Å². The van der Waals surface area contributed by atoms with Crippen LogP contribution in [0.5, 0.6) is 0 Å². The maximum absolute atomic E-state index is 3.53. The second-order valence-corrected chi connectivity index (χ2v) is 5.16. The highest BCUT2D eigenvalue weighted by molar-refractivity contribution is 5.61. The van der Waals surface area contributed by atoms with Crippen LogP contribution < -0.4 is 5.32 Å². The zero-order valence-electron chi connectivity index (χ0n) is 11.5. The zero-order valence-corrected chi connectivity index (χ0v) is 11.5. The molecule has 0 heterocycles. The molecule has 0 radical (unpaired) electrons. The standard InChI is InChI=1S/C15H25N/c1-7-16-15-13(10(2)3)8-12(6)9-14(15)11(4)5/h8-11,16H,7H2,1-6H3. The highest BCUT2D eigenvalue weighted by Crippen LogP contribution is 2.33. The van der Waals surface area contributed by atoms with Gasteiger partial charge in [-0.1, -0.05) is 45.4 Å². The lowest BCUT2D eigenvalue weighted by Gasteiger charge is -2.21. The molecule has 1 rings (SSSR count). The molecule has 0 amide bonds. The molecular weight excluding hydrogens is 194 g/mol. The summed E-state index contributed by atoms with van der Waals surface area (Å²) < 4.78 is 0. The van der Waals surface area contributed by atoms with E-state index in [4.69, 9.17) is 0 Å². The number of aryl methyl sites for hydroxylation is 1. The molecule has 1 aromatic carbocycles. The summed E-state index contributed by atoms with van der Waals surface area (Å²) >= 11 is 0. The predicted molar refractivity (Wildman–Crippen MR) is 73.5 cm³/mol. The van der Waals surface area contributed by atoms with Crippen molar-refractivity contribution < 1.29 is 0 Å². The first-order chi connectivity index (χ1) is 7.47. The Kier molecular flexibility index (Phi) is 4.40. The maximum atomic E-state index is 3.53. The average molecular weight is 219 g/mol. The SMILES string of the molecule is CCNc1c(C(C)C)cc(C)cc1C(C)C. The van der Waals surface area contributed by atoms with E-state index >= 15 is 0 Å². The molecule has 0 spiro atoms. The van der Waals surface area contributed by atoms with Gasteiger partial charge in [-0.3, -0.25) is 0 Å². The third kappa shape index (κ3) is 2.78. The van der Waals surface area contributed by atoms with E-state index in [0.717, 1.165) is 6.54 Å². The summed E-state index contributed by atoms with van der Waals surface area (Å²) in [5.41, 5.74) is 5.63. The molecule has 16 heavy (non-hydrogen) atoms. The Balaban J connectivity index is 3.35. The fraction of sp³-hybridized carbons (Fsp3) is 0.600. The van der Waals surface area contributed by atoms with Crippen molar-refractivity contribution in [2.75, 3.05) is 11.9 Å². The van der Waals surface area contributed by atoms with Gasteiger partial charge in [-0.05, 0) is 36.8 Å². The van der Waals surface area contributed by atoms with Crippen LogP contribution in [0.25, 0.3) is 0 Å². The van der Waals surface area contributed by atoms with Crippen LogP contribution in [0.3, 0.4) is 0 Å². The van der Waals surface area contributed by atoms with Crippen LogP contribution >= 0.6 is 0 Å². The number of hydrogen-bond acceptors (Lipinski definition) is 1. The zero-order chi connectivity index (χ0) is 12.3. The first kappa shape index (κ1) is 13.1. The monoisotopic (exact) mass is 219 g/mol. The first-order valence-corrected chi connectivity index (χ1v) is 6.35. The van der Waals surface area contributed by atoms with Crippen molar-refractivity contribution in [1.82, 2.24) is 0 Å². The molecule has 0 saturated heterocycles. The normalized spacial score (nSPS) is 11.2. The van der Waals surface area contributed by atoms with E-state index in [1.54, 1.807) is 0 Å². The van der Waals surface area contributed by atoms with E-state index in [-0.39, 0.29) is 0 Å². The van der Waals surface area contributed by atoms with Crippen LogP contribution in [0.2, 0.25) is 0 Å². The number of benzene rings is 1. The summed E-state index contributed by atoms with van der Waals surface area (Å²) in [4.78, 5) is 0. The van der Waals surface area contributed by atoms with E-state index < -0.39 is 0 Å². The van der Waals surface area contributed by atoms with E-state index in [9.17, 15) is 0 Å². The number of nitrogens with one attached hydrogen (secondary N) is 1. The minimum Gasteiger partial charge on any atom is -0.385 e. The molecule has 0 aromatic heterocycles. The van der Waals surface area contributed by atoms with Crippen molar-refractivity contribution in [3.63, 3.8) is 0 Å². The predicted octanol–water partition coefficient (Wildman–Crippen LogP) is 4.67. The van der Waals surface area contributed by atoms with Gasteiger partial charge in [0.2, 0.25) is 0 Å². The molecule has 0 saturated carbocycles. The Bertz CT molecular complexity index is 321. The Hall–Kier alpha value is -0.980. The van der Waals surface area contributed by atoms with E-state index in [1.807, 2.05) is 0 Å². The van der Waals surface area contributed by atoms with Gasteiger partial charge in [0, 0.05) is 12.2 Å². The Morgan fingerprint density at radius 2 is 1.44 bits per heavy atom. The van der Waals surface area contributed by atoms with Gasteiger partial charge in [0.05, 0.1) is 0 Å². The van der Waals surface area contributed by atoms with Crippen LogP contribution in [-0.4, -0.2) is 6.54 Å². The molecule has 90 valence electrons. The molecule has 0 aliphatic carbocycles. The third-order valence-electron chi connectivity index (χ3n) is 2.94. The Morgan fingerprint density at radius 1 is 1.00 bits per heavy atom. The molecule has 1 heteroatoms. The van der Waals surface area contributed by atoms with Gasteiger partial charge in [0.1, 0.15) is 0 Å². The summed E-state index contributed by atoms with van der Waals surface area (Å²) in [6.07, 6.45) is 0. The lowest BCUT2D eigenvalue weighted by atomic mass is 9.90. The van der Waals surface area contributed by atoms with Crippen molar-refractivity contribution in [3.05, 3.63) is 28.8 Å². The molecule has 1 N–H and O–H groups in total. The molecule has 0 atom stereocenters. The summed E-state index contributed by atoms with van der Waals surface area (Å²) in [7, 11) is 0. The van der Waals surface area contributed by atoms with Gasteiger partial charge < -0.3 is 5.32 Å². The second kappa shape index (κ2) is 5.38. The molecular formula is C15H25N. The highest BCUT2D eigenvalue weighted by Gasteiger charge is 2.13. The third-order valence-corrected chi connectivity index (χ3v) is 2.94. The van der Waals surface area contributed by atoms with Crippen molar-refractivity contribution >= 4 is 5.69 Å². The fourth-order valence-corrected chi connectivity index (χ4v) is 2.13. The number of hydrogen-bond donors (Lipinski definition) is 1. The van der Waals surface area contributed by atoms with E-state index in [0.29, 0.717) is 11.8 Å².